The quantitative estimate of drug-likeness (QED) is 0.460. The lowest BCUT2D eigenvalue weighted by molar-refractivity contribution is -0.173. The summed E-state index contributed by atoms with van der Waals surface area (Å²) in [5, 5.41) is -0.226. The molecule has 2 aliphatic heterocycles. The number of β-lactam (4-membered cyclic amide) rings is 1. The Labute approximate surface area is 133 Å². The first-order valence-corrected chi connectivity index (χ1v) is 7.94. The van der Waals surface area contributed by atoms with E-state index in [9.17, 15) is 14.4 Å². The number of hydrogen-bond acceptors (Lipinski definition) is 7. The van der Waals surface area contributed by atoms with Crippen LogP contribution in [0.2, 0.25) is 0 Å². The van der Waals surface area contributed by atoms with Crippen LogP contribution in [0.5, 0.6) is 0 Å². The summed E-state index contributed by atoms with van der Waals surface area (Å²) < 4.78 is 9.86. The molecule has 22 heavy (non-hydrogen) atoms. The SMILES string of the molecule is CC1=C(C(=O)OCOC(=O)C(C)(C)C)N2C(=O)C(N)C2SC1. The van der Waals surface area contributed by atoms with Gasteiger partial charge in [0.15, 0.2) is 0 Å². The number of hydrogen-bond donors (Lipinski definition) is 1. The number of fused-ring (bicyclic) bond motifs is 1. The van der Waals surface area contributed by atoms with Gasteiger partial charge >= 0.3 is 11.9 Å². The molecule has 0 spiro atoms. The van der Waals surface area contributed by atoms with Gasteiger partial charge in [-0.2, -0.15) is 0 Å². The Morgan fingerprint density at radius 2 is 2.00 bits per heavy atom. The van der Waals surface area contributed by atoms with Crippen LogP contribution in [0.25, 0.3) is 0 Å². The summed E-state index contributed by atoms with van der Waals surface area (Å²) in [4.78, 5) is 37.0. The average molecular weight is 328 g/mol. The van der Waals surface area contributed by atoms with Gasteiger partial charge in [-0.15, -0.1) is 11.8 Å². The smallest absolute Gasteiger partial charge is 0.357 e. The minimum Gasteiger partial charge on any atom is -0.427 e. The maximum Gasteiger partial charge on any atom is 0.357 e. The number of amides is 1. The van der Waals surface area contributed by atoms with Gasteiger partial charge in [-0.1, -0.05) is 0 Å². The molecule has 1 saturated heterocycles. The Kier molecular flexibility index (Phi) is 4.53. The first kappa shape index (κ1) is 16.8. The van der Waals surface area contributed by atoms with Gasteiger partial charge in [0.25, 0.3) is 0 Å². The molecule has 0 aliphatic carbocycles. The van der Waals surface area contributed by atoms with Gasteiger partial charge in [-0.05, 0) is 33.3 Å². The molecule has 2 rings (SSSR count). The molecular weight excluding hydrogens is 308 g/mol. The minimum absolute atomic E-state index is 0.210. The fourth-order valence-electron chi connectivity index (χ4n) is 2.08. The van der Waals surface area contributed by atoms with E-state index in [-0.39, 0.29) is 17.0 Å². The van der Waals surface area contributed by atoms with Crippen LogP contribution in [0, 0.1) is 5.41 Å². The molecule has 0 aromatic rings. The van der Waals surface area contributed by atoms with Crippen molar-refractivity contribution in [2.45, 2.75) is 39.1 Å². The zero-order valence-electron chi connectivity index (χ0n) is 13.0. The Morgan fingerprint density at radius 1 is 1.36 bits per heavy atom. The fourth-order valence-corrected chi connectivity index (χ4v) is 3.32. The highest BCUT2D eigenvalue weighted by Crippen LogP contribution is 2.39. The van der Waals surface area contributed by atoms with Crippen molar-refractivity contribution in [2.75, 3.05) is 12.5 Å². The van der Waals surface area contributed by atoms with Crippen LogP contribution in [0.15, 0.2) is 11.3 Å². The summed E-state index contributed by atoms with van der Waals surface area (Å²) in [6.07, 6.45) is 0. The Balaban J connectivity index is 1.97. The van der Waals surface area contributed by atoms with Crippen LogP contribution in [0.4, 0.5) is 0 Å². The molecule has 2 aliphatic rings. The lowest BCUT2D eigenvalue weighted by Crippen LogP contribution is -2.68. The molecule has 2 unspecified atom stereocenters. The molecule has 7 nitrogen and oxygen atoms in total. The molecule has 0 aromatic carbocycles. The highest BCUT2D eigenvalue weighted by Gasteiger charge is 2.51. The molecule has 0 aromatic heterocycles. The summed E-state index contributed by atoms with van der Waals surface area (Å²) in [5.41, 5.74) is 6.00. The zero-order valence-corrected chi connectivity index (χ0v) is 13.9. The summed E-state index contributed by atoms with van der Waals surface area (Å²) >= 11 is 1.52. The van der Waals surface area contributed by atoms with Crippen LogP contribution in [0.3, 0.4) is 0 Å². The predicted octanol–water partition coefficient (Wildman–Crippen LogP) is 0.593. The second-order valence-corrected chi connectivity index (χ2v) is 7.40. The van der Waals surface area contributed by atoms with Gasteiger partial charge < -0.3 is 15.2 Å². The molecule has 8 heteroatoms. The van der Waals surface area contributed by atoms with Crippen molar-refractivity contribution in [1.82, 2.24) is 4.90 Å². The maximum atomic E-state index is 12.2. The van der Waals surface area contributed by atoms with Gasteiger partial charge in [-0.3, -0.25) is 14.5 Å². The molecule has 0 saturated carbocycles. The largest absolute Gasteiger partial charge is 0.427 e. The van der Waals surface area contributed by atoms with Crippen LogP contribution in [-0.2, 0) is 23.9 Å². The first-order chi connectivity index (χ1) is 10.1. The highest BCUT2D eigenvalue weighted by atomic mass is 32.2. The third-order valence-corrected chi connectivity index (χ3v) is 4.83. The van der Waals surface area contributed by atoms with Crippen LogP contribution in [-0.4, -0.2) is 46.7 Å². The van der Waals surface area contributed by atoms with Crippen molar-refractivity contribution in [3.63, 3.8) is 0 Å². The van der Waals surface area contributed by atoms with Crippen LogP contribution in [0.1, 0.15) is 27.7 Å². The van der Waals surface area contributed by atoms with Crippen LogP contribution >= 0.6 is 11.8 Å². The number of carbonyl (C=O) groups is 3. The Hall–Kier alpha value is -1.54. The number of rotatable bonds is 3. The number of thioether (sulfide) groups is 1. The zero-order chi connectivity index (χ0) is 16.7. The average Bonchev–Trinajstić information content (AvgIpc) is 2.44. The van der Waals surface area contributed by atoms with E-state index >= 15 is 0 Å². The molecule has 0 bridgehead atoms. The first-order valence-electron chi connectivity index (χ1n) is 6.89. The third kappa shape index (κ3) is 2.98. The second-order valence-electron chi connectivity index (χ2n) is 6.30. The van der Waals surface area contributed by atoms with Gasteiger partial charge in [0.1, 0.15) is 17.1 Å². The van der Waals surface area contributed by atoms with E-state index in [1.807, 2.05) is 0 Å². The minimum atomic E-state index is -0.676. The van der Waals surface area contributed by atoms with Crippen LogP contribution < -0.4 is 5.73 Å². The van der Waals surface area contributed by atoms with Gasteiger partial charge in [0.2, 0.25) is 12.7 Å². The van der Waals surface area contributed by atoms with Gasteiger partial charge in [-0.25, -0.2) is 4.79 Å². The van der Waals surface area contributed by atoms with Crippen molar-refractivity contribution in [1.29, 1.82) is 0 Å². The van der Waals surface area contributed by atoms with Crippen molar-refractivity contribution in [3.8, 4) is 0 Å². The number of esters is 2. The van der Waals surface area contributed by atoms with Crippen molar-refractivity contribution in [2.24, 2.45) is 11.1 Å². The molecule has 2 N–H and O–H groups in total. The van der Waals surface area contributed by atoms with Gasteiger partial charge in [0.05, 0.1) is 5.41 Å². The predicted molar refractivity (Wildman–Crippen MR) is 80.3 cm³/mol. The number of nitrogens with zero attached hydrogens (tertiary/aromatic N) is 1. The maximum absolute atomic E-state index is 12.2. The third-order valence-electron chi connectivity index (χ3n) is 3.39. The molecular formula is C14H20N2O5S. The van der Waals surface area contributed by atoms with E-state index in [0.717, 1.165) is 5.57 Å². The summed E-state index contributed by atoms with van der Waals surface area (Å²) in [5.74, 6) is -0.834. The molecule has 2 heterocycles. The summed E-state index contributed by atoms with van der Waals surface area (Å²) in [6, 6.07) is -0.584. The Morgan fingerprint density at radius 3 is 2.59 bits per heavy atom. The fraction of sp³-hybridized carbons (Fsp3) is 0.643. The van der Waals surface area contributed by atoms with E-state index in [1.165, 1.54) is 16.7 Å². The van der Waals surface area contributed by atoms with E-state index in [0.29, 0.717) is 5.75 Å². The molecule has 0 radical (unpaired) electrons. The van der Waals surface area contributed by atoms with E-state index in [2.05, 4.69) is 0 Å². The molecule has 1 fully saturated rings. The lowest BCUT2D eigenvalue weighted by atomic mass is 9.98. The summed E-state index contributed by atoms with van der Waals surface area (Å²) in [6.45, 7) is 6.39. The number of nitrogens with two attached hydrogens (primary N) is 1. The van der Waals surface area contributed by atoms with Crippen molar-refractivity contribution < 1.29 is 23.9 Å². The molecule has 122 valence electrons. The number of ether oxygens (including phenoxy) is 2. The summed E-state index contributed by atoms with van der Waals surface area (Å²) in [7, 11) is 0. The Bertz CT molecular complexity index is 552. The standard InChI is InChI=1S/C14H20N2O5S/c1-7-5-22-11-8(15)10(17)16(11)9(7)12(18)20-6-21-13(19)14(2,3)4/h8,11H,5-6,15H2,1-4H3. The number of carbonyl (C=O) groups excluding carboxylic acids is 3. The second kappa shape index (κ2) is 5.92. The van der Waals surface area contributed by atoms with Crippen molar-refractivity contribution in [3.05, 3.63) is 11.3 Å². The normalized spacial score (nSPS) is 24.6. The molecule has 1 amide bonds. The van der Waals surface area contributed by atoms with E-state index in [1.54, 1.807) is 27.7 Å². The molecule has 2 atom stereocenters. The lowest BCUT2D eigenvalue weighted by Gasteiger charge is -2.47. The van der Waals surface area contributed by atoms with Crippen molar-refractivity contribution >= 4 is 29.6 Å². The van der Waals surface area contributed by atoms with E-state index in [4.69, 9.17) is 15.2 Å². The topological polar surface area (TPSA) is 98.9 Å². The highest BCUT2D eigenvalue weighted by molar-refractivity contribution is 8.00. The van der Waals surface area contributed by atoms with E-state index < -0.39 is 30.2 Å². The monoisotopic (exact) mass is 328 g/mol. The van der Waals surface area contributed by atoms with Gasteiger partial charge in [0, 0.05) is 5.75 Å².